The zero-order valence-electron chi connectivity index (χ0n) is 11.8. The number of hydrogen-bond acceptors (Lipinski definition) is 4. The molecule has 1 aromatic carbocycles. The molecule has 0 aliphatic carbocycles. The number of likely N-dealkylation sites (tertiary alicyclic amines) is 1. The van der Waals surface area contributed by atoms with E-state index in [2.05, 4.69) is 5.32 Å². The molecule has 116 valence electrons. The van der Waals surface area contributed by atoms with E-state index in [1.54, 1.807) is 17.0 Å². The van der Waals surface area contributed by atoms with Crippen LogP contribution in [0.1, 0.15) is 27.1 Å². The first-order valence-electron chi connectivity index (χ1n) is 7.10. The van der Waals surface area contributed by atoms with Crippen LogP contribution in [0.5, 0.6) is 0 Å². The van der Waals surface area contributed by atoms with Crippen molar-refractivity contribution >= 4 is 18.0 Å². The predicted molar refractivity (Wildman–Crippen MR) is 75.7 cm³/mol. The summed E-state index contributed by atoms with van der Waals surface area (Å²) in [6, 6.07) is 6.05. The van der Waals surface area contributed by atoms with Gasteiger partial charge < -0.3 is 20.1 Å². The van der Waals surface area contributed by atoms with Crippen molar-refractivity contribution in [2.24, 2.45) is 5.92 Å². The standard InChI is InChI=1S/C15H16N2O5/c18-13(9-2-1-3-10(6-9)14(19)20)17-5-4-12-11(7-17)8-22-15(21)16-12/h1-3,6,11-12H,4-5,7-8H2,(H,16,21)(H,19,20)/t11-,12+/m1/s1. The molecule has 0 bridgehead atoms. The summed E-state index contributed by atoms with van der Waals surface area (Å²) in [7, 11) is 0. The fourth-order valence-electron chi connectivity index (χ4n) is 2.92. The molecule has 2 amide bonds. The van der Waals surface area contributed by atoms with Gasteiger partial charge in [0.25, 0.3) is 5.91 Å². The average Bonchev–Trinajstić information content (AvgIpc) is 2.53. The second-order valence-electron chi connectivity index (χ2n) is 5.54. The Bertz CT molecular complexity index is 630. The maximum Gasteiger partial charge on any atom is 0.407 e. The molecule has 2 atom stereocenters. The largest absolute Gasteiger partial charge is 0.478 e. The van der Waals surface area contributed by atoms with Crippen molar-refractivity contribution in [1.29, 1.82) is 0 Å². The summed E-state index contributed by atoms with van der Waals surface area (Å²) in [6.45, 7) is 1.31. The van der Waals surface area contributed by atoms with Crippen LogP contribution in [0.15, 0.2) is 24.3 Å². The van der Waals surface area contributed by atoms with Crippen LogP contribution >= 0.6 is 0 Å². The summed E-state index contributed by atoms with van der Waals surface area (Å²) in [6.07, 6.45) is 0.264. The van der Waals surface area contributed by atoms with Crippen LogP contribution in [0.3, 0.4) is 0 Å². The highest BCUT2D eigenvalue weighted by Crippen LogP contribution is 2.22. The normalized spacial score (nSPS) is 24.0. The minimum Gasteiger partial charge on any atom is -0.478 e. The van der Waals surface area contributed by atoms with Gasteiger partial charge in [0.15, 0.2) is 0 Å². The molecular formula is C15H16N2O5. The van der Waals surface area contributed by atoms with E-state index >= 15 is 0 Å². The Labute approximate surface area is 126 Å². The lowest BCUT2D eigenvalue weighted by atomic mass is 9.91. The van der Waals surface area contributed by atoms with Gasteiger partial charge in [0.2, 0.25) is 0 Å². The molecule has 2 heterocycles. The van der Waals surface area contributed by atoms with Crippen molar-refractivity contribution in [3.05, 3.63) is 35.4 Å². The Morgan fingerprint density at radius 3 is 2.86 bits per heavy atom. The third kappa shape index (κ3) is 2.74. The number of carboxylic acids is 1. The van der Waals surface area contributed by atoms with Crippen molar-refractivity contribution in [2.75, 3.05) is 19.7 Å². The summed E-state index contributed by atoms with van der Waals surface area (Å²) in [5.41, 5.74) is 0.452. The molecule has 2 aliphatic rings. The van der Waals surface area contributed by atoms with Crippen LogP contribution in [-0.2, 0) is 4.74 Å². The summed E-state index contributed by atoms with van der Waals surface area (Å²) in [4.78, 5) is 36.4. The van der Waals surface area contributed by atoms with Crippen molar-refractivity contribution < 1.29 is 24.2 Å². The Kier molecular flexibility index (Phi) is 3.70. The number of amides is 2. The Morgan fingerprint density at radius 1 is 1.32 bits per heavy atom. The number of hydrogen-bond donors (Lipinski definition) is 2. The second-order valence-corrected chi connectivity index (χ2v) is 5.54. The molecule has 0 unspecified atom stereocenters. The summed E-state index contributed by atoms with van der Waals surface area (Å²) < 4.78 is 4.97. The molecule has 7 nitrogen and oxygen atoms in total. The van der Waals surface area contributed by atoms with Gasteiger partial charge in [0.1, 0.15) is 0 Å². The Balaban J connectivity index is 1.72. The van der Waals surface area contributed by atoms with E-state index in [0.29, 0.717) is 31.7 Å². The molecule has 0 aromatic heterocycles. The highest BCUT2D eigenvalue weighted by atomic mass is 16.6. The number of aromatic carboxylic acids is 1. The molecule has 2 aliphatic heterocycles. The molecule has 0 saturated carbocycles. The van der Waals surface area contributed by atoms with Gasteiger partial charge in [-0.1, -0.05) is 6.07 Å². The first-order valence-corrected chi connectivity index (χ1v) is 7.10. The van der Waals surface area contributed by atoms with Gasteiger partial charge in [-0.2, -0.15) is 0 Å². The molecule has 2 N–H and O–H groups in total. The summed E-state index contributed by atoms with van der Waals surface area (Å²) >= 11 is 0. The minimum absolute atomic E-state index is 0.0376. The molecule has 0 radical (unpaired) electrons. The molecule has 7 heteroatoms. The molecule has 22 heavy (non-hydrogen) atoms. The predicted octanol–water partition coefficient (Wildman–Crippen LogP) is 0.955. The van der Waals surface area contributed by atoms with Gasteiger partial charge in [-0.25, -0.2) is 9.59 Å². The topological polar surface area (TPSA) is 95.9 Å². The number of fused-ring (bicyclic) bond motifs is 1. The number of carboxylic acid groups (broad SMARTS) is 1. The van der Waals surface area contributed by atoms with Gasteiger partial charge in [0, 0.05) is 30.6 Å². The first kappa shape index (κ1) is 14.4. The molecule has 2 fully saturated rings. The molecule has 3 rings (SSSR count). The third-order valence-corrected chi connectivity index (χ3v) is 4.11. The monoisotopic (exact) mass is 304 g/mol. The van der Waals surface area contributed by atoms with Crippen LogP contribution in [0.4, 0.5) is 4.79 Å². The second kappa shape index (κ2) is 5.67. The van der Waals surface area contributed by atoms with Crippen LogP contribution < -0.4 is 5.32 Å². The number of piperidine rings is 1. The summed E-state index contributed by atoms with van der Waals surface area (Å²) in [5, 5.41) is 11.8. The maximum absolute atomic E-state index is 12.5. The number of carbonyl (C=O) groups excluding carboxylic acids is 2. The number of nitrogens with one attached hydrogen (secondary N) is 1. The lowest BCUT2D eigenvalue weighted by Gasteiger charge is -2.40. The van der Waals surface area contributed by atoms with Crippen molar-refractivity contribution in [2.45, 2.75) is 12.5 Å². The van der Waals surface area contributed by atoms with E-state index in [1.165, 1.54) is 12.1 Å². The number of ether oxygens (including phenoxy) is 1. The number of cyclic esters (lactones) is 1. The summed E-state index contributed by atoms with van der Waals surface area (Å²) in [5.74, 6) is -1.19. The van der Waals surface area contributed by atoms with Gasteiger partial charge in [-0.3, -0.25) is 4.79 Å². The van der Waals surface area contributed by atoms with Crippen LogP contribution in [0, 0.1) is 5.92 Å². The van der Waals surface area contributed by atoms with Gasteiger partial charge in [0.05, 0.1) is 12.2 Å². The van der Waals surface area contributed by atoms with Crippen LogP contribution in [0.25, 0.3) is 0 Å². The first-order chi connectivity index (χ1) is 10.5. The van der Waals surface area contributed by atoms with Gasteiger partial charge >= 0.3 is 12.1 Å². The lowest BCUT2D eigenvalue weighted by Crippen LogP contribution is -2.57. The molecule has 2 saturated heterocycles. The zero-order chi connectivity index (χ0) is 15.7. The number of carbonyl (C=O) groups is 3. The maximum atomic E-state index is 12.5. The highest BCUT2D eigenvalue weighted by molar-refractivity contribution is 5.97. The fraction of sp³-hybridized carbons (Fsp3) is 0.400. The number of nitrogens with zero attached hydrogens (tertiary/aromatic N) is 1. The Hall–Kier alpha value is -2.57. The van der Waals surface area contributed by atoms with E-state index < -0.39 is 12.1 Å². The highest BCUT2D eigenvalue weighted by Gasteiger charge is 2.36. The quantitative estimate of drug-likeness (QED) is 0.848. The SMILES string of the molecule is O=C1N[C@H]2CCN(C(=O)c3cccc(C(=O)O)c3)C[C@@H]2CO1. The van der Waals surface area contributed by atoms with E-state index in [0.717, 1.165) is 0 Å². The molecule has 1 aromatic rings. The number of alkyl carbamates (subject to hydrolysis) is 1. The van der Waals surface area contributed by atoms with Crippen molar-refractivity contribution in [3.8, 4) is 0 Å². The van der Waals surface area contributed by atoms with Gasteiger partial charge in [-0.05, 0) is 24.6 Å². The molecule has 0 spiro atoms. The van der Waals surface area contributed by atoms with Crippen LogP contribution in [0.2, 0.25) is 0 Å². The van der Waals surface area contributed by atoms with E-state index in [9.17, 15) is 14.4 Å². The van der Waals surface area contributed by atoms with Gasteiger partial charge in [-0.15, -0.1) is 0 Å². The zero-order valence-corrected chi connectivity index (χ0v) is 11.8. The van der Waals surface area contributed by atoms with E-state index in [4.69, 9.17) is 9.84 Å². The van der Waals surface area contributed by atoms with Crippen LogP contribution in [-0.4, -0.2) is 53.7 Å². The Morgan fingerprint density at radius 2 is 2.09 bits per heavy atom. The minimum atomic E-state index is -1.06. The third-order valence-electron chi connectivity index (χ3n) is 4.11. The van der Waals surface area contributed by atoms with E-state index in [1.807, 2.05) is 0 Å². The van der Waals surface area contributed by atoms with Crippen molar-refractivity contribution in [1.82, 2.24) is 10.2 Å². The lowest BCUT2D eigenvalue weighted by molar-refractivity contribution is 0.0324. The van der Waals surface area contributed by atoms with Crippen molar-refractivity contribution in [3.63, 3.8) is 0 Å². The molecular weight excluding hydrogens is 288 g/mol. The van der Waals surface area contributed by atoms with E-state index in [-0.39, 0.29) is 23.4 Å². The number of rotatable bonds is 2. The average molecular weight is 304 g/mol. The number of benzene rings is 1. The fourth-order valence-corrected chi connectivity index (χ4v) is 2.92. The smallest absolute Gasteiger partial charge is 0.407 e.